The van der Waals surface area contributed by atoms with Gasteiger partial charge in [-0.1, -0.05) is 0 Å². The molecule has 2 rings (SSSR count). The van der Waals surface area contributed by atoms with Gasteiger partial charge in [-0.2, -0.15) is 0 Å². The number of rotatable bonds is 2. The first kappa shape index (κ1) is 10.9. The molecular formula is C11H21N3O. The van der Waals surface area contributed by atoms with Crippen LogP contribution in [-0.2, 0) is 4.79 Å². The van der Waals surface area contributed by atoms with Crippen molar-refractivity contribution in [2.45, 2.75) is 19.4 Å². The van der Waals surface area contributed by atoms with Gasteiger partial charge in [-0.3, -0.25) is 4.79 Å². The van der Waals surface area contributed by atoms with E-state index in [4.69, 9.17) is 0 Å². The van der Waals surface area contributed by atoms with E-state index in [9.17, 15) is 4.79 Å². The maximum Gasteiger partial charge on any atom is 0.223 e. The number of piperazine rings is 1. The van der Waals surface area contributed by atoms with E-state index in [1.54, 1.807) is 0 Å². The van der Waals surface area contributed by atoms with Crippen LogP contribution in [0.4, 0.5) is 0 Å². The molecule has 2 heterocycles. The van der Waals surface area contributed by atoms with Crippen LogP contribution in [0.1, 0.15) is 13.3 Å². The highest BCUT2D eigenvalue weighted by Crippen LogP contribution is 2.13. The van der Waals surface area contributed by atoms with Crippen molar-refractivity contribution in [1.82, 2.24) is 15.1 Å². The lowest BCUT2D eigenvalue weighted by Gasteiger charge is -2.39. The lowest BCUT2D eigenvalue weighted by molar-refractivity contribution is -0.135. The summed E-state index contributed by atoms with van der Waals surface area (Å²) in [4.78, 5) is 16.3. The second-order valence-electron chi connectivity index (χ2n) is 4.90. The predicted octanol–water partition coefficient (Wildman–Crippen LogP) is -0.242. The van der Waals surface area contributed by atoms with E-state index >= 15 is 0 Å². The van der Waals surface area contributed by atoms with E-state index in [2.05, 4.69) is 24.2 Å². The Balaban J connectivity index is 1.79. The minimum absolute atomic E-state index is 0.349. The average Bonchev–Trinajstić information content (AvgIpc) is 2.15. The number of hydrogen-bond acceptors (Lipinski definition) is 3. The summed E-state index contributed by atoms with van der Waals surface area (Å²) in [7, 11) is 2.13. The molecule has 4 heteroatoms. The zero-order valence-electron chi connectivity index (χ0n) is 9.70. The summed E-state index contributed by atoms with van der Waals surface area (Å²) < 4.78 is 0. The Morgan fingerprint density at radius 2 is 2.13 bits per heavy atom. The Morgan fingerprint density at radius 3 is 2.67 bits per heavy atom. The molecule has 0 bridgehead atoms. The van der Waals surface area contributed by atoms with Gasteiger partial charge in [0.2, 0.25) is 5.91 Å². The molecular weight excluding hydrogens is 190 g/mol. The first-order valence-corrected chi connectivity index (χ1v) is 5.85. The van der Waals surface area contributed by atoms with Crippen molar-refractivity contribution in [2.75, 3.05) is 39.8 Å². The molecule has 2 aliphatic heterocycles. The molecule has 0 aromatic rings. The molecule has 1 amide bonds. The summed E-state index contributed by atoms with van der Waals surface area (Å²) in [6.07, 6.45) is 0.740. The molecule has 2 fully saturated rings. The van der Waals surface area contributed by atoms with Gasteiger partial charge in [-0.05, 0) is 33.0 Å². The van der Waals surface area contributed by atoms with Crippen LogP contribution in [0.3, 0.4) is 0 Å². The summed E-state index contributed by atoms with van der Waals surface area (Å²) in [5.41, 5.74) is 0. The third-order valence-corrected chi connectivity index (χ3v) is 3.64. The van der Waals surface area contributed by atoms with Crippen molar-refractivity contribution in [3.05, 3.63) is 0 Å². The number of carbonyl (C=O) groups excluding carboxylic acids is 1. The van der Waals surface area contributed by atoms with Crippen LogP contribution in [0.15, 0.2) is 0 Å². The van der Waals surface area contributed by atoms with Gasteiger partial charge in [0.05, 0.1) is 0 Å². The normalized spacial score (nSPS) is 28.9. The Bertz CT molecular complexity index is 240. The minimum Gasteiger partial charge on any atom is -0.340 e. The van der Waals surface area contributed by atoms with Gasteiger partial charge in [0.1, 0.15) is 0 Å². The molecule has 2 aliphatic rings. The van der Waals surface area contributed by atoms with E-state index in [0.717, 1.165) is 39.1 Å². The van der Waals surface area contributed by atoms with Crippen LogP contribution < -0.4 is 5.32 Å². The maximum absolute atomic E-state index is 11.9. The van der Waals surface area contributed by atoms with Crippen molar-refractivity contribution in [3.63, 3.8) is 0 Å². The highest BCUT2D eigenvalue weighted by Gasteiger charge is 2.27. The highest BCUT2D eigenvalue weighted by atomic mass is 16.2. The van der Waals surface area contributed by atoms with Gasteiger partial charge < -0.3 is 15.1 Å². The van der Waals surface area contributed by atoms with Gasteiger partial charge in [0, 0.05) is 32.1 Å². The number of amides is 1. The summed E-state index contributed by atoms with van der Waals surface area (Å²) >= 11 is 0. The lowest BCUT2D eigenvalue weighted by atomic mass is 9.98. The zero-order chi connectivity index (χ0) is 10.8. The van der Waals surface area contributed by atoms with Crippen molar-refractivity contribution in [1.29, 1.82) is 0 Å². The van der Waals surface area contributed by atoms with E-state index in [1.165, 1.54) is 0 Å². The molecule has 15 heavy (non-hydrogen) atoms. The summed E-state index contributed by atoms with van der Waals surface area (Å²) in [6.45, 7) is 7.04. The third kappa shape index (κ3) is 2.49. The lowest BCUT2D eigenvalue weighted by Crippen LogP contribution is -2.53. The fraction of sp³-hybridized carbons (Fsp3) is 0.909. The molecule has 0 aromatic carbocycles. The Labute approximate surface area is 91.6 Å². The molecule has 1 unspecified atom stereocenters. The first-order valence-electron chi connectivity index (χ1n) is 5.85. The van der Waals surface area contributed by atoms with E-state index in [-0.39, 0.29) is 0 Å². The van der Waals surface area contributed by atoms with E-state index in [0.29, 0.717) is 17.9 Å². The smallest absolute Gasteiger partial charge is 0.223 e. The SMILES string of the molecule is CC1CN(C(=O)CC2CNC2)CCN1C. The molecule has 86 valence electrons. The van der Waals surface area contributed by atoms with Crippen LogP contribution in [0.5, 0.6) is 0 Å². The maximum atomic E-state index is 11.9. The van der Waals surface area contributed by atoms with Crippen molar-refractivity contribution in [3.8, 4) is 0 Å². The quantitative estimate of drug-likeness (QED) is 0.684. The molecule has 1 atom stereocenters. The molecule has 1 N–H and O–H groups in total. The second kappa shape index (κ2) is 4.49. The number of likely N-dealkylation sites (N-methyl/N-ethyl adjacent to an activating group) is 1. The van der Waals surface area contributed by atoms with Crippen LogP contribution in [0, 0.1) is 5.92 Å². The molecule has 4 nitrogen and oxygen atoms in total. The number of nitrogens with zero attached hydrogens (tertiary/aromatic N) is 2. The monoisotopic (exact) mass is 211 g/mol. The Hall–Kier alpha value is -0.610. The van der Waals surface area contributed by atoms with E-state index in [1.807, 2.05) is 4.90 Å². The second-order valence-corrected chi connectivity index (χ2v) is 4.90. The van der Waals surface area contributed by atoms with Gasteiger partial charge in [0.25, 0.3) is 0 Å². The number of nitrogens with one attached hydrogen (secondary N) is 1. The Morgan fingerprint density at radius 1 is 1.40 bits per heavy atom. The van der Waals surface area contributed by atoms with Crippen molar-refractivity contribution >= 4 is 5.91 Å². The first-order chi connectivity index (χ1) is 7.16. The van der Waals surface area contributed by atoms with Crippen molar-refractivity contribution < 1.29 is 4.79 Å². The van der Waals surface area contributed by atoms with Crippen LogP contribution >= 0.6 is 0 Å². The van der Waals surface area contributed by atoms with Gasteiger partial charge in [0.15, 0.2) is 0 Å². The summed E-state index contributed by atoms with van der Waals surface area (Å²) in [5.74, 6) is 0.939. The topological polar surface area (TPSA) is 35.6 Å². The summed E-state index contributed by atoms with van der Waals surface area (Å²) in [5, 5.41) is 3.21. The molecule has 0 saturated carbocycles. The third-order valence-electron chi connectivity index (χ3n) is 3.64. The fourth-order valence-electron chi connectivity index (χ4n) is 2.14. The fourth-order valence-corrected chi connectivity index (χ4v) is 2.14. The van der Waals surface area contributed by atoms with Gasteiger partial charge in [-0.25, -0.2) is 0 Å². The van der Waals surface area contributed by atoms with Crippen molar-refractivity contribution in [2.24, 2.45) is 5.92 Å². The minimum atomic E-state index is 0.349. The van der Waals surface area contributed by atoms with Crippen LogP contribution in [0.2, 0.25) is 0 Å². The van der Waals surface area contributed by atoms with Crippen LogP contribution in [-0.4, -0.2) is 61.5 Å². The number of hydrogen-bond donors (Lipinski definition) is 1. The average molecular weight is 211 g/mol. The molecule has 0 aliphatic carbocycles. The Kier molecular flexibility index (Phi) is 3.26. The van der Waals surface area contributed by atoms with E-state index < -0.39 is 0 Å². The molecule has 0 spiro atoms. The zero-order valence-corrected chi connectivity index (χ0v) is 9.70. The van der Waals surface area contributed by atoms with Gasteiger partial charge >= 0.3 is 0 Å². The highest BCUT2D eigenvalue weighted by molar-refractivity contribution is 5.76. The predicted molar refractivity (Wildman–Crippen MR) is 59.6 cm³/mol. The number of carbonyl (C=O) groups is 1. The largest absolute Gasteiger partial charge is 0.340 e. The molecule has 0 radical (unpaired) electrons. The molecule has 0 aromatic heterocycles. The summed E-state index contributed by atoms with van der Waals surface area (Å²) in [6, 6.07) is 0.502. The van der Waals surface area contributed by atoms with Gasteiger partial charge in [-0.15, -0.1) is 0 Å². The standard InChI is InChI=1S/C11H21N3O/c1-9-8-14(4-3-13(9)2)11(15)5-10-6-12-7-10/h9-10,12H,3-8H2,1-2H3. The molecule has 2 saturated heterocycles. The van der Waals surface area contributed by atoms with Crippen LogP contribution in [0.25, 0.3) is 0 Å².